The molecule has 0 saturated carbocycles. The number of aromatic nitrogens is 1. The van der Waals surface area contributed by atoms with Gasteiger partial charge in [0.1, 0.15) is 11.0 Å². The van der Waals surface area contributed by atoms with Crippen molar-refractivity contribution in [1.29, 1.82) is 0 Å². The van der Waals surface area contributed by atoms with Crippen LogP contribution in [0, 0.1) is 0 Å². The van der Waals surface area contributed by atoms with Gasteiger partial charge in [0, 0.05) is 19.2 Å². The van der Waals surface area contributed by atoms with Crippen LogP contribution in [0.4, 0.5) is 5.82 Å². The first-order chi connectivity index (χ1) is 9.11. The predicted octanol–water partition coefficient (Wildman–Crippen LogP) is 2.17. The highest BCUT2D eigenvalue weighted by atomic mass is 35.5. The van der Waals surface area contributed by atoms with Gasteiger partial charge in [0.05, 0.1) is 5.56 Å². The zero-order chi connectivity index (χ0) is 13.8. The molecular weight excluding hydrogens is 268 g/mol. The minimum Gasteiger partial charge on any atom is -0.478 e. The number of carboxylic acid groups (broad SMARTS) is 1. The van der Waals surface area contributed by atoms with E-state index in [9.17, 15) is 4.79 Å². The van der Waals surface area contributed by atoms with E-state index >= 15 is 0 Å². The Morgan fingerprint density at radius 3 is 3.00 bits per heavy atom. The van der Waals surface area contributed by atoms with Gasteiger partial charge in [0.15, 0.2) is 0 Å². The summed E-state index contributed by atoms with van der Waals surface area (Å²) in [4.78, 5) is 17.3. The number of hydrogen-bond donors (Lipinski definition) is 2. The lowest BCUT2D eigenvalue weighted by Crippen LogP contribution is -2.30. The van der Waals surface area contributed by atoms with Crippen LogP contribution in [0.3, 0.4) is 0 Å². The first-order valence-electron chi connectivity index (χ1n) is 6.40. The summed E-state index contributed by atoms with van der Waals surface area (Å²) in [5.41, 5.74) is 0.155. The van der Waals surface area contributed by atoms with Crippen molar-refractivity contribution in [1.82, 2.24) is 4.98 Å². The minimum atomic E-state index is -1.00. The molecule has 0 radical (unpaired) electrons. The third-order valence-electron chi connectivity index (χ3n) is 3.39. The molecule has 0 spiro atoms. The molecule has 0 amide bonds. The molecule has 1 aliphatic rings. The minimum absolute atomic E-state index is 0.155. The maximum absolute atomic E-state index is 11.0. The van der Waals surface area contributed by atoms with Gasteiger partial charge in [-0.15, -0.1) is 0 Å². The number of hydrogen-bond acceptors (Lipinski definition) is 4. The molecule has 0 bridgehead atoms. The molecule has 1 aliphatic heterocycles. The van der Waals surface area contributed by atoms with E-state index in [0.29, 0.717) is 11.9 Å². The number of aromatic carboxylic acids is 1. The van der Waals surface area contributed by atoms with Gasteiger partial charge < -0.3 is 15.1 Å². The largest absolute Gasteiger partial charge is 0.478 e. The van der Waals surface area contributed by atoms with Crippen LogP contribution in [0.1, 0.15) is 36.0 Å². The smallest absolute Gasteiger partial charge is 0.335 e. The van der Waals surface area contributed by atoms with Crippen molar-refractivity contribution < 1.29 is 15.0 Å². The highest BCUT2D eigenvalue weighted by Crippen LogP contribution is 2.28. The molecular formula is C13H17ClN2O3. The number of carboxylic acids is 1. The van der Waals surface area contributed by atoms with Crippen LogP contribution in [-0.4, -0.2) is 40.4 Å². The molecule has 6 heteroatoms. The summed E-state index contributed by atoms with van der Waals surface area (Å²) >= 11 is 5.88. The molecule has 0 aromatic carbocycles. The number of pyridine rings is 1. The molecule has 1 aromatic heterocycles. The second kappa shape index (κ2) is 6.21. The number of rotatable bonds is 5. The lowest BCUT2D eigenvalue weighted by Gasteiger charge is -2.26. The molecule has 2 rings (SSSR count). The van der Waals surface area contributed by atoms with Crippen molar-refractivity contribution in [2.75, 3.05) is 18.1 Å². The fourth-order valence-corrected chi connectivity index (χ4v) is 2.72. The highest BCUT2D eigenvalue weighted by molar-refractivity contribution is 6.29. The van der Waals surface area contributed by atoms with Crippen molar-refractivity contribution in [2.45, 2.75) is 31.7 Å². The molecule has 19 heavy (non-hydrogen) atoms. The normalized spacial score (nSPS) is 18.8. The number of aliphatic hydroxyl groups is 1. The van der Waals surface area contributed by atoms with Gasteiger partial charge in [0.25, 0.3) is 0 Å². The Bertz CT molecular complexity index is 467. The van der Waals surface area contributed by atoms with Gasteiger partial charge in [0.2, 0.25) is 0 Å². The van der Waals surface area contributed by atoms with Gasteiger partial charge in [-0.2, -0.15) is 0 Å². The average Bonchev–Trinajstić information content (AvgIpc) is 2.83. The summed E-state index contributed by atoms with van der Waals surface area (Å²) in [6, 6.07) is 3.22. The first-order valence-corrected chi connectivity index (χ1v) is 6.78. The fraction of sp³-hybridized carbons (Fsp3) is 0.538. The van der Waals surface area contributed by atoms with Crippen molar-refractivity contribution in [3.8, 4) is 0 Å². The zero-order valence-electron chi connectivity index (χ0n) is 10.5. The Morgan fingerprint density at radius 2 is 2.32 bits per heavy atom. The summed E-state index contributed by atoms with van der Waals surface area (Å²) in [6.07, 6.45) is 3.71. The number of anilines is 1. The van der Waals surface area contributed by atoms with E-state index in [1.807, 2.05) is 0 Å². The molecule has 1 atom stereocenters. The van der Waals surface area contributed by atoms with Crippen molar-refractivity contribution in [3.63, 3.8) is 0 Å². The predicted molar refractivity (Wildman–Crippen MR) is 72.9 cm³/mol. The number of nitrogens with zero attached hydrogens (tertiary/aromatic N) is 2. The summed E-state index contributed by atoms with van der Waals surface area (Å²) in [7, 11) is 0. The van der Waals surface area contributed by atoms with E-state index < -0.39 is 5.97 Å². The topological polar surface area (TPSA) is 73.7 Å². The van der Waals surface area contributed by atoms with Gasteiger partial charge in [-0.25, -0.2) is 9.78 Å². The Morgan fingerprint density at radius 1 is 1.53 bits per heavy atom. The van der Waals surface area contributed by atoms with E-state index in [1.165, 1.54) is 6.07 Å². The molecule has 1 aromatic rings. The SMILES string of the molecule is O=C(O)c1cc(Cl)nc(N2CCCC2CCCO)c1. The highest BCUT2D eigenvalue weighted by Gasteiger charge is 2.26. The monoisotopic (exact) mass is 284 g/mol. The van der Waals surface area contributed by atoms with Crippen LogP contribution in [0.15, 0.2) is 12.1 Å². The Balaban J connectivity index is 2.22. The van der Waals surface area contributed by atoms with Crippen molar-refractivity contribution in [2.24, 2.45) is 0 Å². The molecule has 0 aliphatic carbocycles. The van der Waals surface area contributed by atoms with Crippen LogP contribution in [0.25, 0.3) is 0 Å². The molecule has 1 fully saturated rings. The lowest BCUT2D eigenvalue weighted by atomic mass is 10.1. The average molecular weight is 285 g/mol. The van der Waals surface area contributed by atoms with Crippen LogP contribution < -0.4 is 4.90 Å². The van der Waals surface area contributed by atoms with E-state index in [1.54, 1.807) is 6.07 Å². The van der Waals surface area contributed by atoms with Crippen LogP contribution in [0.5, 0.6) is 0 Å². The Hall–Kier alpha value is -1.33. The van der Waals surface area contributed by atoms with E-state index in [0.717, 1.165) is 32.2 Å². The zero-order valence-corrected chi connectivity index (χ0v) is 11.3. The lowest BCUT2D eigenvalue weighted by molar-refractivity contribution is 0.0696. The molecule has 2 heterocycles. The van der Waals surface area contributed by atoms with Gasteiger partial charge in [-0.3, -0.25) is 0 Å². The van der Waals surface area contributed by atoms with Gasteiger partial charge in [-0.1, -0.05) is 11.6 Å². The van der Waals surface area contributed by atoms with Crippen LogP contribution >= 0.6 is 11.6 Å². The van der Waals surface area contributed by atoms with Crippen LogP contribution in [-0.2, 0) is 0 Å². The van der Waals surface area contributed by atoms with Crippen molar-refractivity contribution in [3.05, 3.63) is 22.8 Å². The maximum Gasteiger partial charge on any atom is 0.335 e. The third kappa shape index (κ3) is 3.36. The molecule has 2 N–H and O–H groups in total. The van der Waals surface area contributed by atoms with E-state index in [-0.39, 0.29) is 17.3 Å². The second-order valence-corrected chi connectivity index (χ2v) is 5.08. The van der Waals surface area contributed by atoms with Gasteiger partial charge in [-0.05, 0) is 37.8 Å². The van der Waals surface area contributed by atoms with E-state index in [4.69, 9.17) is 21.8 Å². The third-order valence-corrected chi connectivity index (χ3v) is 3.59. The number of aliphatic hydroxyl groups excluding tert-OH is 1. The standard InChI is InChI=1S/C13H17ClN2O3/c14-11-7-9(13(18)19)8-12(15-11)16-5-1-3-10(16)4-2-6-17/h7-8,10,17H,1-6H2,(H,18,19). The number of halogens is 1. The van der Waals surface area contributed by atoms with Crippen LogP contribution in [0.2, 0.25) is 5.15 Å². The van der Waals surface area contributed by atoms with E-state index in [2.05, 4.69) is 9.88 Å². The summed E-state index contributed by atoms with van der Waals surface area (Å²) < 4.78 is 0. The first kappa shape index (κ1) is 14.1. The quantitative estimate of drug-likeness (QED) is 0.811. The summed E-state index contributed by atoms with van der Waals surface area (Å²) in [5, 5.41) is 18.2. The molecule has 1 saturated heterocycles. The summed E-state index contributed by atoms with van der Waals surface area (Å²) in [5.74, 6) is -0.387. The number of carbonyl (C=O) groups is 1. The molecule has 104 valence electrons. The Kier molecular flexibility index (Phi) is 4.61. The van der Waals surface area contributed by atoms with Gasteiger partial charge >= 0.3 is 5.97 Å². The molecule has 5 nitrogen and oxygen atoms in total. The fourth-order valence-electron chi connectivity index (χ4n) is 2.52. The van der Waals surface area contributed by atoms with Crippen molar-refractivity contribution >= 4 is 23.4 Å². The maximum atomic E-state index is 11.0. The molecule has 1 unspecified atom stereocenters. The second-order valence-electron chi connectivity index (χ2n) is 4.70. The Labute approximate surface area is 116 Å². The summed E-state index contributed by atoms with van der Waals surface area (Å²) in [6.45, 7) is 1.02.